The van der Waals surface area contributed by atoms with Gasteiger partial charge in [-0.1, -0.05) is 36.4 Å². The molecule has 2 aromatic carbocycles. The molecule has 0 spiro atoms. The van der Waals surface area contributed by atoms with E-state index < -0.39 is 11.9 Å². The van der Waals surface area contributed by atoms with Crippen molar-refractivity contribution in [1.29, 1.82) is 0 Å². The number of para-hydroxylation sites is 2. The zero-order valence-corrected chi connectivity index (χ0v) is 17.1. The van der Waals surface area contributed by atoms with Crippen molar-refractivity contribution in [3.63, 3.8) is 0 Å². The minimum atomic E-state index is -0.674. The predicted molar refractivity (Wildman–Crippen MR) is 118 cm³/mol. The number of carbonyl (C=O) groups excluding carboxylic acids is 2. The molecule has 8 heteroatoms. The Balaban J connectivity index is 1.46. The lowest BCUT2D eigenvalue weighted by Crippen LogP contribution is -2.57. The van der Waals surface area contributed by atoms with Gasteiger partial charge < -0.3 is 5.32 Å². The Morgan fingerprint density at radius 3 is 2.42 bits per heavy atom. The second-order valence-electron chi connectivity index (χ2n) is 7.60. The number of nitrogens with one attached hydrogen (secondary N) is 2. The Hall–Kier alpha value is -3.94. The molecule has 0 fully saturated rings. The van der Waals surface area contributed by atoms with Crippen LogP contribution in [0.25, 0.3) is 5.69 Å². The Kier molecular flexibility index (Phi) is 4.74. The van der Waals surface area contributed by atoms with E-state index in [4.69, 9.17) is 5.10 Å². The van der Waals surface area contributed by atoms with Gasteiger partial charge in [0.15, 0.2) is 0 Å². The number of hydrogen-bond acceptors (Lipinski definition) is 5. The number of nitrogens with zero attached hydrogens (tertiary/aromatic N) is 4. The van der Waals surface area contributed by atoms with Gasteiger partial charge in [0.05, 0.1) is 17.1 Å². The Labute approximate surface area is 179 Å². The highest BCUT2D eigenvalue weighted by Crippen LogP contribution is 2.31. The molecule has 3 aromatic rings. The fourth-order valence-corrected chi connectivity index (χ4v) is 3.95. The van der Waals surface area contributed by atoms with Gasteiger partial charge in [0.25, 0.3) is 11.8 Å². The summed E-state index contributed by atoms with van der Waals surface area (Å²) in [6, 6.07) is 18.2. The number of fused-ring (bicyclic) bond motifs is 1. The van der Waals surface area contributed by atoms with Gasteiger partial charge in [-0.05, 0) is 50.5 Å². The summed E-state index contributed by atoms with van der Waals surface area (Å²) in [4.78, 5) is 30.1. The second-order valence-corrected chi connectivity index (χ2v) is 7.60. The average Bonchev–Trinajstić information content (AvgIpc) is 3.39. The van der Waals surface area contributed by atoms with Gasteiger partial charge in [0.2, 0.25) is 5.84 Å². The van der Waals surface area contributed by atoms with Crippen LogP contribution in [0.4, 0.5) is 11.5 Å². The molecule has 31 heavy (non-hydrogen) atoms. The third kappa shape index (κ3) is 3.46. The summed E-state index contributed by atoms with van der Waals surface area (Å²) in [6.45, 7) is 1.68. The van der Waals surface area contributed by atoms with Crippen LogP contribution in [0.2, 0.25) is 0 Å². The highest BCUT2D eigenvalue weighted by atomic mass is 16.2. The molecule has 1 aliphatic carbocycles. The first kappa shape index (κ1) is 19.0. The molecule has 2 heterocycles. The maximum atomic E-state index is 13.2. The number of aliphatic imine (C=N–C) groups is 1. The normalized spacial score (nSPS) is 17.7. The molecule has 1 aliphatic heterocycles. The SMILES string of the molecule is CC1N=C(C(=O)Nc2c3c(nn2-c2ccccc2)CCC3)NN(c2ccccc2)C1=O. The summed E-state index contributed by atoms with van der Waals surface area (Å²) >= 11 is 0. The van der Waals surface area contributed by atoms with Crippen molar-refractivity contribution >= 4 is 29.2 Å². The summed E-state index contributed by atoms with van der Waals surface area (Å²) in [7, 11) is 0. The van der Waals surface area contributed by atoms with Crippen molar-refractivity contribution in [1.82, 2.24) is 15.2 Å². The van der Waals surface area contributed by atoms with E-state index >= 15 is 0 Å². The zero-order valence-electron chi connectivity index (χ0n) is 17.1. The van der Waals surface area contributed by atoms with Crippen LogP contribution in [0.15, 0.2) is 65.7 Å². The molecule has 0 saturated carbocycles. The van der Waals surface area contributed by atoms with Gasteiger partial charge in [0, 0.05) is 5.56 Å². The number of benzene rings is 2. The molecule has 5 rings (SSSR count). The average molecular weight is 414 g/mol. The minimum absolute atomic E-state index is 0.0866. The molecule has 2 aliphatic rings. The van der Waals surface area contributed by atoms with Gasteiger partial charge in [-0.15, -0.1) is 0 Å². The molecule has 0 radical (unpaired) electrons. The van der Waals surface area contributed by atoms with E-state index in [1.807, 2.05) is 48.5 Å². The lowest BCUT2D eigenvalue weighted by Gasteiger charge is -2.30. The van der Waals surface area contributed by atoms with Crippen molar-refractivity contribution in [2.24, 2.45) is 4.99 Å². The van der Waals surface area contributed by atoms with Crippen molar-refractivity contribution in [3.05, 3.63) is 71.9 Å². The van der Waals surface area contributed by atoms with Gasteiger partial charge in [-0.2, -0.15) is 5.10 Å². The fraction of sp³-hybridized carbons (Fsp3) is 0.217. The van der Waals surface area contributed by atoms with Gasteiger partial charge in [-0.3, -0.25) is 15.0 Å². The number of amides is 2. The van der Waals surface area contributed by atoms with Gasteiger partial charge in [-0.25, -0.2) is 14.7 Å². The van der Waals surface area contributed by atoms with E-state index in [9.17, 15) is 9.59 Å². The molecule has 0 bridgehead atoms. The molecule has 156 valence electrons. The summed E-state index contributed by atoms with van der Waals surface area (Å²) in [5, 5.41) is 9.09. The minimum Gasteiger partial charge on any atom is -0.303 e. The Morgan fingerprint density at radius 1 is 1.03 bits per heavy atom. The number of anilines is 2. The van der Waals surface area contributed by atoms with Crippen LogP contribution in [0.5, 0.6) is 0 Å². The van der Waals surface area contributed by atoms with Crippen LogP contribution in [0.1, 0.15) is 24.6 Å². The summed E-state index contributed by atoms with van der Waals surface area (Å²) < 4.78 is 1.77. The smallest absolute Gasteiger partial charge is 0.293 e. The first-order chi connectivity index (χ1) is 15.1. The first-order valence-electron chi connectivity index (χ1n) is 10.3. The Bertz CT molecular complexity index is 1170. The van der Waals surface area contributed by atoms with Gasteiger partial charge >= 0.3 is 0 Å². The standard InChI is InChI=1S/C23H22N6O2/c1-15-23(31)29(17-11-6-3-7-12-17)27-20(24-15)22(30)25-21-18-13-8-14-19(18)26-28(21)16-9-4-2-5-10-16/h2-7,9-12,15H,8,13-14H2,1H3,(H,24,27)(H,25,30). The summed E-state index contributed by atoms with van der Waals surface area (Å²) in [5.41, 5.74) is 6.46. The highest BCUT2D eigenvalue weighted by molar-refractivity contribution is 6.43. The predicted octanol–water partition coefficient (Wildman–Crippen LogP) is 2.64. The summed E-state index contributed by atoms with van der Waals surface area (Å²) in [6.07, 6.45) is 2.77. The number of hydrogen-bond donors (Lipinski definition) is 2. The fourth-order valence-electron chi connectivity index (χ4n) is 3.95. The first-order valence-corrected chi connectivity index (χ1v) is 10.3. The van der Waals surface area contributed by atoms with Crippen LogP contribution in [0, 0.1) is 0 Å². The number of amidine groups is 1. The Morgan fingerprint density at radius 2 is 1.71 bits per heavy atom. The highest BCUT2D eigenvalue weighted by Gasteiger charge is 2.32. The van der Waals surface area contributed by atoms with Crippen LogP contribution in [0.3, 0.4) is 0 Å². The molecule has 0 saturated heterocycles. The maximum absolute atomic E-state index is 13.2. The third-order valence-corrected chi connectivity index (χ3v) is 5.49. The van der Waals surface area contributed by atoms with Crippen LogP contribution >= 0.6 is 0 Å². The molecular weight excluding hydrogens is 392 g/mol. The van der Waals surface area contributed by atoms with Crippen molar-refractivity contribution in [2.45, 2.75) is 32.2 Å². The molecule has 2 amide bonds. The van der Waals surface area contributed by atoms with E-state index in [0.29, 0.717) is 11.5 Å². The second kappa shape index (κ2) is 7.71. The number of rotatable bonds is 4. The third-order valence-electron chi connectivity index (χ3n) is 5.49. The monoisotopic (exact) mass is 414 g/mol. The van der Waals surface area contributed by atoms with E-state index in [0.717, 1.165) is 36.2 Å². The maximum Gasteiger partial charge on any atom is 0.293 e. The lowest BCUT2D eigenvalue weighted by atomic mass is 10.2. The topological polar surface area (TPSA) is 91.6 Å². The number of hydrazine groups is 1. The van der Waals surface area contributed by atoms with E-state index in [1.165, 1.54) is 5.01 Å². The van der Waals surface area contributed by atoms with E-state index in [1.54, 1.807) is 23.7 Å². The van der Waals surface area contributed by atoms with E-state index in [2.05, 4.69) is 15.7 Å². The largest absolute Gasteiger partial charge is 0.303 e. The summed E-state index contributed by atoms with van der Waals surface area (Å²) in [5.74, 6) is 0.109. The molecule has 1 aromatic heterocycles. The number of aryl methyl sites for hydroxylation is 1. The van der Waals surface area contributed by atoms with Crippen molar-refractivity contribution in [3.8, 4) is 5.69 Å². The number of aromatic nitrogens is 2. The molecular formula is C23H22N6O2. The molecule has 1 atom stereocenters. The van der Waals surface area contributed by atoms with Crippen LogP contribution in [-0.4, -0.2) is 33.5 Å². The van der Waals surface area contributed by atoms with Crippen molar-refractivity contribution < 1.29 is 9.59 Å². The van der Waals surface area contributed by atoms with E-state index in [-0.39, 0.29) is 11.7 Å². The van der Waals surface area contributed by atoms with Crippen molar-refractivity contribution in [2.75, 3.05) is 10.3 Å². The molecule has 1 unspecified atom stereocenters. The van der Waals surface area contributed by atoms with Gasteiger partial charge in [0.1, 0.15) is 11.9 Å². The quantitative estimate of drug-likeness (QED) is 0.687. The molecule has 8 nitrogen and oxygen atoms in total. The lowest BCUT2D eigenvalue weighted by molar-refractivity contribution is -0.120. The molecule has 2 N–H and O–H groups in total. The number of carbonyl (C=O) groups is 2. The van der Waals surface area contributed by atoms with Crippen LogP contribution < -0.4 is 15.8 Å². The van der Waals surface area contributed by atoms with Crippen LogP contribution in [-0.2, 0) is 22.4 Å². The zero-order chi connectivity index (χ0) is 21.4.